The molecule has 1 aliphatic carbocycles. The largest absolute Gasteiger partial charge is 0.308 e. The average Bonchev–Trinajstić information content (AvgIpc) is 3.66. The highest BCUT2D eigenvalue weighted by Crippen LogP contribution is 2.50. The molecule has 47 heavy (non-hydrogen) atoms. The van der Waals surface area contributed by atoms with Crippen LogP contribution in [0.3, 0.4) is 0 Å². The van der Waals surface area contributed by atoms with Crippen LogP contribution in [0.5, 0.6) is 0 Å². The van der Waals surface area contributed by atoms with Gasteiger partial charge in [0.25, 0.3) is 0 Å². The van der Waals surface area contributed by atoms with Crippen LogP contribution in [0.2, 0.25) is 0 Å². The van der Waals surface area contributed by atoms with Gasteiger partial charge in [-0.15, -0.1) is 0 Å². The number of rotatable bonds is 2. The molecular weight excluding hydrogens is 567 g/mol. The van der Waals surface area contributed by atoms with Gasteiger partial charge in [-0.3, -0.25) is 0 Å². The van der Waals surface area contributed by atoms with Crippen molar-refractivity contribution in [2.75, 3.05) is 0 Å². The summed E-state index contributed by atoms with van der Waals surface area (Å²) in [7, 11) is 0. The molecule has 1 heteroatoms. The normalized spacial score (nSPS) is 12.3. The van der Waals surface area contributed by atoms with Crippen molar-refractivity contribution < 1.29 is 0 Å². The Labute approximate surface area is 271 Å². The fourth-order valence-corrected chi connectivity index (χ4v) is 8.63. The highest BCUT2D eigenvalue weighted by Gasteiger charge is 2.24. The highest BCUT2D eigenvalue weighted by atomic mass is 15.0. The average molecular weight is 594 g/mol. The van der Waals surface area contributed by atoms with Gasteiger partial charge in [-0.2, -0.15) is 0 Å². The summed E-state index contributed by atoms with van der Waals surface area (Å²) in [5.74, 6) is 0. The van der Waals surface area contributed by atoms with Crippen LogP contribution in [0.1, 0.15) is 0 Å². The van der Waals surface area contributed by atoms with Gasteiger partial charge in [-0.1, -0.05) is 152 Å². The van der Waals surface area contributed by atoms with Crippen molar-refractivity contribution in [2.24, 2.45) is 0 Å². The third-order valence-electron chi connectivity index (χ3n) is 10.5. The van der Waals surface area contributed by atoms with Crippen LogP contribution < -0.4 is 0 Å². The lowest BCUT2D eigenvalue weighted by Crippen LogP contribution is -1.97. The van der Waals surface area contributed by atoms with Crippen molar-refractivity contribution >= 4 is 64.9 Å². The molecule has 0 radical (unpaired) electrons. The van der Waals surface area contributed by atoms with E-state index in [1.807, 2.05) is 0 Å². The topological polar surface area (TPSA) is 4.93 Å². The SMILES string of the molecule is c1ccc2c(c1)-c1cccc3c(-c4ccc(-n5c6ccccc6c6c7ccccc7c7ccccc7c65)c5ccccc45)ccc-2c13. The summed E-state index contributed by atoms with van der Waals surface area (Å²) in [6.45, 7) is 0. The predicted molar refractivity (Wildman–Crippen MR) is 201 cm³/mol. The molecule has 0 bridgehead atoms. The quantitative estimate of drug-likeness (QED) is 0.176. The first kappa shape index (κ1) is 25.1. The van der Waals surface area contributed by atoms with E-state index in [4.69, 9.17) is 0 Å². The van der Waals surface area contributed by atoms with E-state index in [1.54, 1.807) is 0 Å². The highest BCUT2D eigenvalue weighted by molar-refractivity contribution is 6.32. The smallest absolute Gasteiger partial charge is 0.0626 e. The van der Waals surface area contributed by atoms with E-state index in [1.165, 1.54) is 104 Å². The standard InChI is InChI=1S/C46H27N/c1-2-14-30-29(13-1)36-21-11-22-37-34(24-25-39(30)44(36)37)33-26-27-43(35-17-6-3-12-28(33)35)47-42-23-10-9-20-41(42)45-38-18-7-4-15-31(38)32-16-5-8-19-40(32)46(45)47/h1-27H. The Hall–Kier alpha value is -6.18. The number of benzene rings is 9. The Bertz CT molecular complexity index is 2930. The Morgan fingerprint density at radius 2 is 0.745 bits per heavy atom. The summed E-state index contributed by atoms with van der Waals surface area (Å²) in [6.07, 6.45) is 0. The number of hydrogen-bond donors (Lipinski definition) is 0. The number of nitrogens with zero attached hydrogens (tertiary/aromatic N) is 1. The molecule has 1 nitrogen and oxygen atoms in total. The van der Waals surface area contributed by atoms with Gasteiger partial charge in [0, 0.05) is 21.5 Å². The summed E-state index contributed by atoms with van der Waals surface area (Å²) in [4.78, 5) is 0. The van der Waals surface area contributed by atoms with Crippen LogP contribution in [0.15, 0.2) is 164 Å². The molecule has 0 aliphatic heterocycles. The van der Waals surface area contributed by atoms with Crippen molar-refractivity contribution in [3.63, 3.8) is 0 Å². The fourth-order valence-electron chi connectivity index (χ4n) is 8.63. The second-order valence-electron chi connectivity index (χ2n) is 12.8. The molecule has 0 amide bonds. The van der Waals surface area contributed by atoms with E-state index in [-0.39, 0.29) is 0 Å². The molecule has 0 saturated carbocycles. The van der Waals surface area contributed by atoms with Crippen molar-refractivity contribution in [3.05, 3.63) is 164 Å². The van der Waals surface area contributed by atoms with Gasteiger partial charge in [-0.25, -0.2) is 0 Å². The molecule has 1 aromatic heterocycles. The van der Waals surface area contributed by atoms with Crippen LogP contribution in [-0.4, -0.2) is 4.57 Å². The summed E-state index contributed by atoms with van der Waals surface area (Å²) in [6, 6.07) is 60.6. The molecule has 0 N–H and O–H groups in total. The van der Waals surface area contributed by atoms with Crippen molar-refractivity contribution in [2.45, 2.75) is 0 Å². The van der Waals surface area contributed by atoms with Gasteiger partial charge < -0.3 is 4.57 Å². The summed E-state index contributed by atoms with van der Waals surface area (Å²) in [5, 5.41) is 12.9. The maximum absolute atomic E-state index is 2.52. The van der Waals surface area contributed by atoms with Crippen molar-refractivity contribution in [1.82, 2.24) is 4.57 Å². The lowest BCUT2D eigenvalue weighted by molar-refractivity contribution is 1.21. The molecule has 0 atom stereocenters. The minimum absolute atomic E-state index is 1.20. The minimum atomic E-state index is 1.20. The Kier molecular flexibility index (Phi) is 4.90. The molecule has 0 fully saturated rings. The van der Waals surface area contributed by atoms with Crippen molar-refractivity contribution in [3.8, 4) is 39.1 Å². The van der Waals surface area contributed by atoms with Crippen LogP contribution >= 0.6 is 0 Å². The number of fused-ring (bicyclic) bond motifs is 12. The van der Waals surface area contributed by atoms with Crippen LogP contribution in [0.4, 0.5) is 0 Å². The zero-order valence-corrected chi connectivity index (χ0v) is 25.5. The van der Waals surface area contributed by atoms with Gasteiger partial charge in [-0.05, 0) is 77.8 Å². The summed E-state index contributed by atoms with van der Waals surface area (Å²) < 4.78 is 2.52. The van der Waals surface area contributed by atoms with Crippen LogP contribution in [0, 0.1) is 0 Å². The molecule has 10 aromatic rings. The molecule has 0 spiro atoms. The van der Waals surface area contributed by atoms with E-state index in [9.17, 15) is 0 Å². The molecule has 0 saturated heterocycles. The Morgan fingerprint density at radius 3 is 1.53 bits per heavy atom. The van der Waals surface area contributed by atoms with Gasteiger partial charge in [0.1, 0.15) is 0 Å². The maximum atomic E-state index is 2.52. The predicted octanol–water partition coefficient (Wildman–Crippen LogP) is 12.7. The minimum Gasteiger partial charge on any atom is -0.308 e. The van der Waals surface area contributed by atoms with Crippen LogP contribution in [0.25, 0.3) is 104 Å². The number of hydrogen-bond acceptors (Lipinski definition) is 0. The van der Waals surface area contributed by atoms with Gasteiger partial charge in [0.2, 0.25) is 0 Å². The van der Waals surface area contributed by atoms with Gasteiger partial charge in [0.05, 0.1) is 16.7 Å². The number of aromatic nitrogens is 1. The van der Waals surface area contributed by atoms with E-state index < -0.39 is 0 Å². The van der Waals surface area contributed by atoms with E-state index in [0.29, 0.717) is 0 Å². The van der Waals surface area contributed by atoms with E-state index in [2.05, 4.69) is 168 Å². The zero-order chi connectivity index (χ0) is 30.6. The second kappa shape index (κ2) is 9.19. The molecule has 9 aromatic carbocycles. The molecule has 11 rings (SSSR count). The monoisotopic (exact) mass is 593 g/mol. The first-order valence-corrected chi connectivity index (χ1v) is 16.4. The number of para-hydroxylation sites is 1. The zero-order valence-electron chi connectivity index (χ0n) is 25.5. The summed E-state index contributed by atoms with van der Waals surface area (Å²) >= 11 is 0. The fraction of sp³-hybridized carbons (Fsp3) is 0. The van der Waals surface area contributed by atoms with Crippen LogP contribution in [-0.2, 0) is 0 Å². The van der Waals surface area contributed by atoms with E-state index >= 15 is 0 Å². The van der Waals surface area contributed by atoms with Gasteiger partial charge >= 0.3 is 0 Å². The second-order valence-corrected chi connectivity index (χ2v) is 12.8. The maximum Gasteiger partial charge on any atom is 0.0626 e. The lowest BCUT2D eigenvalue weighted by Gasteiger charge is -2.17. The van der Waals surface area contributed by atoms with Crippen molar-refractivity contribution in [1.29, 1.82) is 0 Å². The summed E-state index contributed by atoms with van der Waals surface area (Å²) in [5.41, 5.74) is 11.6. The Morgan fingerprint density at radius 1 is 0.255 bits per heavy atom. The molecule has 1 aliphatic rings. The van der Waals surface area contributed by atoms with Gasteiger partial charge in [0.15, 0.2) is 0 Å². The molecule has 1 heterocycles. The first-order valence-electron chi connectivity index (χ1n) is 16.4. The Balaban J connectivity index is 1.25. The lowest BCUT2D eigenvalue weighted by atomic mass is 9.91. The molecule has 0 unspecified atom stereocenters. The third-order valence-corrected chi connectivity index (χ3v) is 10.5. The third kappa shape index (κ3) is 3.23. The van der Waals surface area contributed by atoms with E-state index in [0.717, 1.165) is 0 Å². The molecule has 216 valence electrons. The molecular formula is C46H27N. The first-order chi connectivity index (χ1) is 23.4.